The van der Waals surface area contributed by atoms with Gasteiger partial charge in [0.2, 0.25) is 0 Å². The number of rotatable bonds is 9. The molecule has 0 saturated carbocycles. The lowest BCUT2D eigenvalue weighted by molar-refractivity contribution is -0.117. The van der Waals surface area contributed by atoms with Crippen LogP contribution < -0.4 is 14.8 Å². The van der Waals surface area contributed by atoms with Gasteiger partial charge in [-0.2, -0.15) is 5.26 Å². The van der Waals surface area contributed by atoms with Gasteiger partial charge in [-0.1, -0.05) is 47.5 Å². The summed E-state index contributed by atoms with van der Waals surface area (Å²) < 4.78 is 10.8. The van der Waals surface area contributed by atoms with Crippen LogP contribution in [0.2, 0.25) is 10.0 Å². The third-order valence-corrected chi connectivity index (χ3v) is 5.45. The van der Waals surface area contributed by atoms with E-state index in [1.165, 1.54) is 30.3 Å². The molecule has 0 fully saturated rings. The Hall–Kier alpha value is -3.99. The Kier molecular flexibility index (Phi) is 8.74. The van der Waals surface area contributed by atoms with Gasteiger partial charge in [0.1, 0.15) is 24.0 Å². The van der Waals surface area contributed by atoms with Crippen molar-refractivity contribution in [1.29, 1.82) is 5.26 Å². The van der Waals surface area contributed by atoms with Gasteiger partial charge >= 0.3 is 5.97 Å². The van der Waals surface area contributed by atoms with Gasteiger partial charge in [-0.3, -0.25) is 4.79 Å². The Morgan fingerprint density at radius 1 is 1.03 bits per heavy atom. The molecule has 0 bridgehead atoms. The minimum Gasteiger partial charge on any atom is -0.497 e. The Morgan fingerprint density at radius 2 is 1.63 bits per heavy atom. The van der Waals surface area contributed by atoms with Crippen molar-refractivity contribution < 1.29 is 24.2 Å². The molecule has 3 aromatic rings. The first-order chi connectivity index (χ1) is 16.8. The molecular formula is C26H20Cl2N2O5. The molecule has 0 heterocycles. The summed E-state index contributed by atoms with van der Waals surface area (Å²) >= 11 is 12.7. The number of hydrogen-bond acceptors (Lipinski definition) is 5. The second-order valence-electron chi connectivity index (χ2n) is 7.30. The van der Waals surface area contributed by atoms with Crippen LogP contribution in [-0.2, 0) is 17.9 Å². The summed E-state index contributed by atoms with van der Waals surface area (Å²) in [6.07, 6.45) is 1.38. The van der Waals surface area contributed by atoms with Crippen LogP contribution in [0.5, 0.6) is 11.5 Å². The van der Waals surface area contributed by atoms with Gasteiger partial charge in [0, 0.05) is 6.54 Å². The molecule has 0 saturated heterocycles. The fourth-order valence-electron chi connectivity index (χ4n) is 3.04. The third kappa shape index (κ3) is 7.00. The number of hydrogen-bond donors (Lipinski definition) is 2. The molecular weight excluding hydrogens is 491 g/mol. The highest BCUT2D eigenvalue weighted by Gasteiger charge is 2.13. The van der Waals surface area contributed by atoms with Crippen LogP contribution in [0.15, 0.2) is 66.2 Å². The van der Waals surface area contributed by atoms with Crippen LogP contribution in [0.3, 0.4) is 0 Å². The van der Waals surface area contributed by atoms with Crippen LogP contribution in [-0.4, -0.2) is 24.1 Å². The second kappa shape index (κ2) is 11.9. The van der Waals surface area contributed by atoms with Crippen LogP contribution in [0.25, 0.3) is 6.08 Å². The van der Waals surface area contributed by atoms with Crippen molar-refractivity contribution in [3.8, 4) is 17.6 Å². The number of ether oxygens (including phenoxy) is 2. The van der Waals surface area contributed by atoms with Crippen LogP contribution >= 0.6 is 23.2 Å². The third-order valence-electron chi connectivity index (χ3n) is 4.89. The van der Waals surface area contributed by atoms with Crippen molar-refractivity contribution >= 4 is 41.2 Å². The standard InChI is InChI=1S/C26H20Cl2N2O5/c1-34-21-8-4-16(5-9-21)14-30-25(31)20(13-29)10-18-11-22(27)24(23(28)12-18)35-15-17-2-6-19(7-3-17)26(32)33/h2-12H,14-15H2,1H3,(H,30,31)(H,32,33)/b20-10-. The number of nitriles is 1. The van der Waals surface area contributed by atoms with E-state index < -0.39 is 11.9 Å². The fourth-order valence-corrected chi connectivity index (χ4v) is 3.65. The highest BCUT2D eigenvalue weighted by Crippen LogP contribution is 2.35. The van der Waals surface area contributed by atoms with Crippen molar-refractivity contribution in [1.82, 2.24) is 5.32 Å². The van der Waals surface area contributed by atoms with E-state index in [1.807, 2.05) is 18.2 Å². The lowest BCUT2D eigenvalue weighted by Gasteiger charge is -2.11. The van der Waals surface area contributed by atoms with Gasteiger partial charge in [0.15, 0.2) is 5.75 Å². The monoisotopic (exact) mass is 510 g/mol. The highest BCUT2D eigenvalue weighted by atomic mass is 35.5. The van der Waals surface area contributed by atoms with E-state index in [1.54, 1.807) is 31.4 Å². The van der Waals surface area contributed by atoms with E-state index >= 15 is 0 Å². The van der Waals surface area contributed by atoms with Crippen molar-refractivity contribution in [2.75, 3.05) is 7.11 Å². The molecule has 0 aliphatic heterocycles. The lowest BCUT2D eigenvalue weighted by Crippen LogP contribution is -2.23. The first-order valence-corrected chi connectivity index (χ1v) is 11.0. The van der Waals surface area contributed by atoms with E-state index in [2.05, 4.69) is 5.32 Å². The quantitative estimate of drug-likeness (QED) is 0.290. The largest absolute Gasteiger partial charge is 0.497 e. The normalized spacial score (nSPS) is 10.9. The number of nitrogens with one attached hydrogen (secondary N) is 1. The number of aromatic carboxylic acids is 1. The van der Waals surface area contributed by atoms with Crippen LogP contribution in [0.1, 0.15) is 27.0 Å². The molecule has 1 amide bonds. The summed E-state index contributed by atoms with van der Waals surface area (Å²) in [5, 5.41) is 21.5. The summed E-state index contributed by atoms with van der Waals surface area (Å²) in [7, 11) is 1.57. The molecule has 0 aromatic heterocycles. The number of benzene rings is 3. The molecule has 0 spiro atoms. The van der Waals surface area contributed by atoms with E-state index in [0.717, 1.165) is 11.1 Å². The first-order valence-electron chi connectivity index (χ1n) is 10.3. The average molecular weight is 511 g/mol. The molecule has 3 aromatic carbocycles. The molecule has 0 unspecified atom stereocenters. The fraction of sp³-hybridized carbons (Fsp3) is 0.115. The van der Waals surface area contributed by atoms with Gasteiger partial charge in [-0.25, -0.2) is 4.79 Å². The molecule has 0 aliphatic carbocycles. The molecule has 178 valence electrons. The smallest absolute Gasteiger partial charge is 0.335 e. The van der Waals surface area contributed by atoms with Crippen molar-refractivity contribution in [3.63, 3.8) is 0 Å². The van der Waals surface area contributed by atoms with Gasteiger partial charge in [0.05, 0.1) is 22.7 Å². The molecule has 3 rings (SSSR count). The van der Waals surface area contributed by atoms with E-state index in [-0.39, 0.29) is 40.1 Å². The topological polar surface area (TPSA) is 109 Å². The lowest BCUT2D eigenvalue weighted by atomic mass is 10.1. The molecule has 7 nitrogen and oxygen atoms in total. The average Bonchev–Trinajstić information content (AvgIpc) is 2.85. The Morgan fingerprint density at radius 3 is 2.17 bits per heavy atom. The van der Waals surface area contributed by atoms with Gasteiger partial charge in [-0.15, -0.1) is 0 Å². The maximum absolute atomic E-state index is 12.5. The number of amides is 1. The van der Waals surface area contributed by atoms with Gasteiger partial charge in [-0.05, 0) is 59.2 Å². The number of carbonyl (C=O) groups is 2. The second-order valence-corrected chi connectivity index (χ2v) is 8.12. The van der Waals surface area contributed by atoms with Gasteiger partial charge in [0.25, 0.3) is 5.91 Å². The van der Waals surface area contributed by atoms with E-state index in [0.29, 0.717) is 11.3 Å². The summed E-state index contributed by atoms with van der Waals surface area (Å²) in [5.41, 5.74) is 2.09. The van der Waals surface area contributed by atoms with Crippen LogP contribution in [0, 0.1) is 11.3 Å². The van der Waals surface area contributed by atoms with Crippen molar-refractivity contribution in [2.45, 2.75) is 13.2 Å². The Labute approximate surface area is 212 Å². The maximum Gasteiger partial charge on any atom is 0.335 e. The zero-order chi connectivity index (χ0) is 25.4. The van der Waals surface area contributed by atoms with Gasteiger partial charge < -0.3 is 19.9 Å². The first kappa shape index (κ1) is 25.6. The number of carboxylic acids is 1. The summed E-state index contributed by atoms with van der Waals surface area (Å²) in [6, 6.07) is 18.3. The number of carboxylic acid groups (broad SMARTS) is 1. The minimum atomic E-state index is -1.02. The summed E-state index contributed by atoms with van der Waals surface area (Å²) in [6.45, 7) is 0.356. The van der Waals surface area contributed by atoms with Crippen LogP contribution in [0.4, 0.5) is 0 Å². The summed E-state index contributed by atoms with van der Waals surface area (Å²) in [5.74, 6) is -0.621. The molecule has 0 atom stereocenters. The zero-order valence-electron chi connectivity index (χ0n) is 18.5. The predicted molar refractivity (Wildman–Crippen MR) is 133 cm³/mol. The maximum atomic E-state index is 12.5. The highest BCUT2D eigenvalue weighted by molar-refractivity contribution is 6.37. The molecule has 9 heteroatoms. The minimum absolute atomic E-state index is 0.113. The van der Waals surface area contributed by atoms with Crippen molar-refractivity contribution in [2.24, 2.45) is 0 Å². The molecule has 0 aliphatic rings. The van der Waals surface area contributed by atoms with E-state index in [9.17, 15) is 14.9 Å². The Bertz CT molecular complexity index is 1270. The number of halogens is 2. The van der Waals surface area contributed by atoms with Crippen molar-refractivity contribution in [3.05, 3.63) is 98.5 Å². The summed E-state index contributed by atoms with van der Waals surface area (Å²) in [4.78, 5) is 23.4. The predicted octanol–water partition coefficient (Wildman–Crippen LogP) is 5.50. The zero-order valence-corrected chi connectivity index (χ0v) is 20.1. The SMILES string of the molecule is COc1ccc(CNC(=O)/C(C#N)=C\c2cc(Cl)c(OCc3ccc(C(=O)O)cc3)c(Cl)c2)cc1. The molecule has 35 heavy (non-hydrogen) atoms. The number of carbonyl (C=O) groups excluding carboxylic acids is 1. The molecule has 0 radical (unpaired) electrons. The number of methoxy groups -OCH3 is 1. The Balaban J connectivity index is 1.67. The van der Waals surface area contributed by atoms with E-state index in [4.69, 9.17) is 37.8 Å². The molecule has 2 N–H and O–H groups in total. The number of nitrogens with zero attached hydrogens (tertiary/aromatic N) is 1.